The standard InChI is InChI=1S/C27H47IO10/c28-6-7-29-8-9-30-10-11-31-12-13-32-14-15-33-16-17-34-18-19-35-20-21-36-22-23-37-24-25-38-26-27-4-2-1-3-5-27/h1-5H,6-26H2. The molecule has 0 aliphatic heterocycles. The molecule has 38 heavy (non-hydrogen) atoms. The van der Waals surface area contributed by atoms with Crippen LogP contribution in [0.5, 0.6) is 0 Å². The second kappa shape index (κ2) is 31.1. The van der Waals surface area contributed by atoms with Crippen LogP contribution >= 0.6 is 22.6 Å². The summed E-state index contributed by atoms with van der Waals surface area (Å²) in [4.78, 5) is 0. The predicted octanol–water partition coefficient (Wildman–Crippen LogP) is 2.79. The van der Waals surface area contributed by atoms with Crippen LogP contribution in [0.25, 0.3) is 0 Å². The summed E-state index contributed by atoms with van der Waals surface area (Å²) in [5, 5.41) is 0. The second-order valence-electron chi connectivity index (χ2n) is 7.74. The molecule has 0 aromatic heterocycles. The van der Waals surface area contributed by atoms with Gasteiger partial charge in [0.1, 0.15) is 0 Å². The Morgan fingerprint density at radius 1 is 0.342 bits per heavy atom. The summed E-state index contributed by atoms with van der Waals surface area (Å²) < 4.78 is 55.5. The van der Waals surface area contributed by atoms with Gasteiger partial charge in [0.2, 0.25) is 0 Å². The summed E-state index contributed by atoms with van der Waals surface area (Å²) >= 11 is 2.28. The van der Waals surface area contributed by atoms with E-state index in [0.29, 0.717) is 126 Å². The monoisotopic (exact) mass is 658 g/mol. The van der Waals surface area contributed by atoms with Gasteiger partial charge in [0.25, 0.3) is 0 Å². The van der Waals surface area contributed by atoms with Crippen molar-refractivity contribution in [3.05, 3.63) is 35.9 Å². The first-order valence-electron chi connectivity index (χ1n) is 13.3. The van der Waals surface area contributed by atoms with Crippen LogP contribution in [0.2, 0.25) is 0 Å². The van der Waals surface area contributed by atoms with E-state index < -0.39 is 0 Å². The molecule has 1 rings (SSSR count). The molecule has 222 valence electrons. The molecule has 0 fully saturated rings. The topological polar surface area (TPSA) is 92.3 Å². The van der Waals surface area contributed by atoms with Gasteiger partial charge in [0.05, 0.1) is 132 Å². The van der Waals surface area contributed by atoms with Crippen molar-refractivity contribution in [2.75, 3.05) is 130 Å². The smallest absolute Gasteiger partial charge is 0.0718 e. The van der Waals surface area contributed by atoms with Crippen molar-refractivity contribution in [1.29, 1.82) is 0 Å². The van der Waals surface area contributed by atoms with Crippen molar-refractivity contribution in [2.24, 2.45) is 0 Å². The Hall–Kier alpha value is -0.450. The molecule has 0 spiro atoms. The third kappa shape index (κ3) is 27.1. The van der Waals surface area contributed by atoms with E-state index in [2.05, 4.69) is 22.6 Å². The van der Waals surface area contributed by atoms with Gasteiger partial charge in [-0.05, 0) is 5.56 Å². The molecular formula is C27H47IO10. The van der Waals surface area contributed by atoms with Crippen LogP contribution in [-0.2, 0) is 54.0 Å². The molecule has 0 unspecified atom stereocenters. The lowest BCUT2D eigenvalue weighted by atomic mass is 10.2. The average molecular weight is 659 g/mol. The average Bonchev–Trinajstić information content (AvgIpc) is 2.94. The first-order valence-corrected chi connectivity index (χ1v) is 14.8. The minimum absolute atomic E-state index is 0.526. The molecule has 11 heteroatoms. The highest BCUT2D eigenvalue weighted by atomic mass is 127. The fourth-order valence-electron chi connectivity index (χ4n) is 2.80. The first kappa shape index (κ1) is 35.6. The summed E-state index contributed by atoms with van der Waals surface area (Å²) in [6.45, 7) is 11.3. The molecule has 0 atom stereocenters. The molecule has 0 aliphatic carbocycles. The third-order valence-corrected chi connectivity index (χ3v) is 5.12. The van der Waals surface area contributed by atoms with E-state index in [-0.39, 0.29) is 0 Å². The summed E-state index contributed by atoms with van der Waals surface area (Å²) in [5.41, 5.74) is 1.16. The van der Waals surface area contributed by atoms with Crippen LogP contribution in [0, 0.1) is 0 Å². The van der Waals surface area contributed by atoms with Crippen LogP contribution in [0.15, 0.2) is 30.3 Å². The van der Waals surface area contributed by atoms with Crippen LogP contribution in [-0.4, -0.2) is 130 Å². The fourth-order valence-corrected chi connectivity index (χ4v) is 3.11. The molecule has 0 bridgehead atoms. The summed E-state index contributed by atoms with van der Waals surface area (Å²) in [6.07, 6.45) is 0. The molecule has 1 aromatic rings. The molecule has 0 saturated heterocycles. The van der Waals surface area contributed by atoms with Gasteiger partial charge in [-0.1, -0.05) is 52.9 Å². The number of ether oxygens (including phenoxy) is 10. The van der Waals surface area contributed by atoms with E-state index in [1.165, 1.54) is 0 Å². The van der Waals surface area contributed by atoms with Crippen molar-refractivity contribution < 1.29 is 47.4 Å². The summed E-state index contributed by atoms with van der Waals surface area (Å²) in [7, 11) is 0. The molecule has 0 amide bonds. The molecule has 10 nitrogen and oxygen atoms in total. The van der Waals surface area contributed by atoms with Crippen molar-refractivity contribution in [2.45, 2.75) is 6.61 Å². The Balaban J connectivity index is 1.62. The van der Waals surface area contributed by atoms with E-state index >= 15 is 0 Å². The van der Waals surface area contributed by atoms with E-state index in [1.807, 2.05) is 30.3 Å². The van der Waals surface area contributed by atoms with E-state index in [1.54, 1.807) is 0 Å². The first-order chi connectivity index (χ1) is 18.9. The predicted molar refractivity (Wildman–Crippen MR) is 152 cm³/mol. The summed E-state index contributed by atoms with van der Waals surface area (Å²) in [6, 6.07) is 10.1. The van der Waals surface area contributed by atoms with Gasteiger partial charge in [0, 0.05) is 4.43 Å². The van der Waals surface area contributed by atoms with Gasteiger partial charge in [-0.15, -0.1) is 0 Å². The highest BCUT2D eigenvalue weighted by Gasteiger charge is 1.96. The highest BCUT2D eigenvalue weighted by Crippen LogP contribution is 2.00. The maximum absolute atomic E-state index is 5.56. The number of benzene rings is 1. The molecule has 0 heterocycles. The molecule has 0 N–H and O–H groups in total. The van der Waals surface area contributed by atoms with E-state index in [0.717, 1.165) is 16.6 Å². The van der Waals surface area contributed by atoms with Gasteiger partial charge < -0.3 is 47.4 Å². The second-order valence-corrected chi connectivity index (χ2v) is 8.82. The van der Waals surface area contributed by atoms with Crippen LogP contribution in [0.3, 0.4) is 0 Å². The summed E-state index contributed by atoms with van der Waals surface area (Å²) in [5.74, 6) is 0. The Bertz CT molecular complexity index is 570. The van der Waals surface area contributed by atoms with Gasteiger partial charge in [-0.3, -0.25) is 0 Å². The molecule has 0 radical (unpaired) electrons. The van der Waals surface area contributed by atoms with Crippen molar-refractivity contribution in [3.8, 4) is 0 Å². The fraction of sp³-hybridized carbons (Fsp3) is 0.778. The van der Waals surface area contributed by atoms with Gasteiger partial charge >= 0.3 is 0 Å². The van der Waals surface area contributed by atoms with Gasteiger partial charge in [0.15, 0.2) is 0 Å². The number of halogens is 1. The molecular weight excluding hydrogens is 611 g/mol. The lowest BCUT2D eigenvalue weighted by Crippen LogP contribution is -2.15. The molecule has 1 aromatic carbocycles. The quantitative estimate of drug-likeness (QED) is 0.0674. The maximum atomic E-state index is 5.56. The number of hydrogen-bond acceptors (Lipinski definition) is 10. The Labute approximate surface area is 241 Å². The van der Waals surface area contributed by atoms with Crippen LogP contribution in [0.1, 0.15) is 5.56 Å². The van der Waals surface area contributed by atoms with E-state index in [4.69, 9.17) is 47.4 Å². The Morgan fingerprint density at radius 3 is 0.895 bits per heavy atom. The highest BCUT2D eigenvalue weighted by molar-refractivity contribution is 14.1. The lowest BCUT2D eigenvalue weighted by Gasteiger charge is -2.09. The molecule has 0 saturated carbocycles. The normalized spacial score (nSPS) is 11.4. The van der Waals surface area contributed by atoms with Crippen molar-refractivity contribution in [3.63, 3.8) is 0 Å². The zero-order valence-electron chi connectivity index (χ0n) is 22.7. The Kier molecular flexibility index (Phi) is 29.1. The largest absolute Gasteiger partial charge is 0.378 e. The van der Waals surface area contributed by atoms with E-state index in [9.17, 15) is 0 Å². The number of alkyl halides is 1. The maximum Gasteiger partial charge on any atom is 0.0718 e. The van der Waals surface area contributed by atoms with Crippen molar-refractivity contribution >= 4 is 22.6 Å². The van der Waals surface area contributed by atoms with Gasteiger partial charge in [-0.2, -0.15) is 0 Å². The minimum Gasteiger partial charge on any atom is -0.378 e. The third-order valence-electron chi connectivity index (χ3n) is 4.68. The number of rotatable bonds is 31. The minimum atomic E-state index is 0.526. The van der Waals surface area contributed by atoms with Crippen LogP contribution in [0.4, 0.5) is 0 Å². The van der Waals surface area contributed by atoms with Gasteiger partial charge in [-0.25, -0.2) is 0 Å². The Morgan fingerprint density at radius 2 is 0.605 bits per heavy atom. The molecule has 0 aliphatic rings. The lowest BCUT2D eigenvalue weighted by molar-refractivity contribution is -0.0265. The van der Waals surface area contributed by atoms with Crippen molar-refractivity contribution in [1.82, 2.24) is 0 Å². The number of hydrogen-bond donors (Lipinski definition) is 0. The zero-order chi connectivity index (χ0) is 27.0. The zero-order valence-corrected chi connectivity index (χ0v) is 24.9. The van der Waals surface area contributed by atoms with Crippen LogP contribution < -0.4 is 0 Å². The SMILES string of the molecule is ICCOCCOCCOCCOCCOCCOCCOCCOCCOCCOCc1ccccc1.